The molecule has 0 saturated heterocycles. The minimum atomic E-state index is -0.711. The van der Waals surface area contributed by atoms with Gasteiger partial charge in [-0.2, -0.15) is 0 Å². The van der Waals surface area contributed by atoms with Gasteiger partial charge in [-0.3, -0.25) is 14.9 Å². The molecule has 1 heterocycles. The first-order valence-electron chi connectivity index (χ1n) is 6.76. The summed E-state index contributed by atoms with van der Waals surface area (Å²) in [6.07, 6.45) is 0. The highest BCUT2D eigenvalue weighted by Gasteiger charge is 2.24. The summed E-state index contributed by atoms with van der Waals surface area (Å²) in [5, 5.41) is 13.3. The van der Waals surface area contributed by atoms with Crippen LogP contribution in [0, 0.1) is 17.0 Å². The number of esters is 1. The number of aryl methyl sites for hydroxylation is 1. The summed E-state index contributed by atoms with van der Waals surface area (Å²) in [6, 6.07) is 8.03. The fraction of sp³-hybridized carbons (Fsp3) is 0.200. The number of nitro groups is 1. The number of hydrogen-bond donors (Lipinski definition) is 1. The van der Waals surface area contributed by atoms with Crippen molar-refractivity contribution in [3.63, 3.8) is 0 Å². The summed E-state index contributed by atoms with van der Waals surface area (Å²) in [5.74, 6) is -1.15. The van der Waals surface area contributed by atoms with Gasteiger partial charge in [0, 0.05) is 11.6 Å². The quantitative estimate of drug-likeness (QED) is 0.513. The van der Waals surface area contributed by atoms with Crippen LogP contribution in [0.1, 0.15) is 33.2 Å². The number of thiophene rings is 1. The SMILES string of the molecule is CCOC(=O)c1cc([N+](=O)[O-])sc1NC(=O)c1ccccc1C. The molecule has 0 atom stereocenters. The predicted octanol–water partition coefficient (Wildman–Crippen LogP) is 3.39. The van der Waals surface area contributed by atoms with E-state index in [0.717, 1.165) is 23.0 Å². The number of nitrogens with one attached hydrogen (secondary N) is 1. The van der Waals surface area contributed by atoms with Crippen molar-refractivity contribution in [2.45, 2.75) is 13.8 Å². The summed E-state index contributed by atoms with van der Waals surface area (Å²) < 4.78 is 4.87. The highest BCUT2D eigenvalue weighted by Crippen LogP contribution is 2.34. The predicted molar refractivity (Wildman–Crippen MR) is 86.1 cm³/mol. The Kier molecular flexibility index (Phi) is 5.07. The van der Waals surface area contributed by atoms with Gasteiger partial charge < -0.3 is 10.1 Å². The van der Waals surface area contributed by atoms with E-state index in [1.807, 2.05) is 0 Å². The zero-order valence-corrected chi connectivity index (χ0v) is 13.3. The van der Waals surface area contributed by atoms with E-state index in [1.165, 1.54) is 0 Å². The van der Waals surface area contributed by atoms with E-state index in [-0.39, 0.29) is 22.2 Å². The first kappa shape index (κ1) is 16.6. The Morgan fingerprint density at radius 1 is 1.30 bits per heavy atom. The number of nitrogens with zero attached hydrogens (tertiary/aromatic N) is 1. The number of anilines is 1. The van der Waals surface area contributed by atoms with Crippen molar-refractivity contribution < 1.29 is 19.2 Å². The van der Waals surface area contributed by atoms with Crippen LogP contribution < -0.4 is 5.32 Å². The van der Waals surface area contributed by atoms with Gasteiger partial charge in [-0.1, -0.05) is 18.2 Å². The van der Waals surface area contributed by atoms with Crippen LogP contribution in [0.15, 0.2) is 30.3 Å². The molecule has 120 valence electrons. The zero-order chi connectivity index (χ0) is 17.0. The van der Waals surface area contributed by atoms with E-state index in [1.54, 1.807) is 38.1 Å². The van der Waals surface area contributed by atoms with Gasteiger partial charge in [0.15, 0.2) is 0 Å². The Bertz CT molecular complexity index is 769. The van der Waals surface area contributed by atoms with Crippen LogP contribution in [0.5, 0.6) is 0 Å². The number of hydrogen-bond acceptors (Lipinski definition) is 6. The minimum absolute atomic E-state index is 0.0227. The molecule has 0 aliphatic rings. The molecule has 1 aromatic heterocycles. The topological polar surface area (TPSA) is 98.5 Å². The summed E-state index contributed by atoms with van der Waals surface area (Å²) in [6.45, 7) is 3.54. The lowest BCUT2D eigenvalue weighted by Crippen LogP contribution is -2.15. The Morgan fingerprint density at radius 3 is 2.61 bits per heavy atom. The minimum Gasteiger partial charge on any atom is -0.462 e. The van der Waals surface area contributed by atoms with E-state index in [9.17, 15) is 19.7 Å². The molecule has 0 fully saturated rings. The summed E-state index contributed by atoms with van der Waals surface area (Å²) in [7, 11) is 0. The largest absolute Gasteiger partial charge is 0.462 e. The summed E-state index contributed by atoms with van der Waals surface area (Å²) in [4.78, 5) is 34.5. The number of benzene rings is 1. The lowest BCUT2D eigenvalue weighted by Gasteiger charge is -2.07. The normalized spacial score (nSPS) is 10.2. The molecule has 0 spiro atoms. The molecule has 7 nitrogen and oxygen atoms in total. The number of ether oxygens (including phenoxy) is 1. The molecule has 2 rings (SSSR count). The van der Waals surface area contributed by atoms with Crippen molar-refractivity contribution in [2.24, 2.45) is 0 Å². The van der Waals surface area contributed by atoms with Gasteiger partial charge in [0.2, 0.25) is 0 Å². The average Bonchev–Trinajstić information content (AvgIpc) is 2.92. The van der Waals surface area contributed by atoms with Gasteiger partial charge in [-0.15, -0.1) is 0 Å². The lowest BCUT2D eigenvalue weighted by molar-refractivity contribution is -0.380. The fourth-order valence-corrected chi connectivity index (χ4v) is 2.78. The van der Waals surface area contributed by atoms with Gasteiger partial charge in [0.25, 0.3) is 5.91 Å². The molecule has 1 amide bonds. The monoisotopic (exact) mass is 334 g/mol. The van der Waals surface area contributed by atoms with Gasteiger partial charge in [-0.25, -0.2) is 4.79 Å². The van der Waals surface area contributed by atoms with Crippen LogP contribution in [0.4, 0.5) is 10.0 Å². The molecule has 0 aliphatic heterocycles. The van der Waals surface area contributed by atoms with Crippen molar-refractivity contribution >= 4 is 33.2 Å². The third kappa shape index (κ3) is 3.72. The first-order valence-corrected chi connectivity index (χ1v) is 7.58. The maximum atomic E-state index is 12.3. The lowest BCUT2D eigenvalue weighted by atomic mass is 10.1. The van der Waals surface area contributed by atoms with Gasteiger partial charge >= 0.3 is 11.0 Å². The number of rotatable bonds is 5. The highest BCUT2D eigenvalue weighted by molar-refractivity contribution is 7.19. The molecule has 0 aliphatic carbocycles. The third-order valence-corrected chi connectivity index (χ3v) is 4.01. The van der Waals surface area contributed by atoms with Crippen molar-refractivity contribution in [1.82, 2.24) is 0 Å². The van der Waals surface area contributed by atoms with Gasteiger partial charge in [0.05, 0.1) is 11.5 Å². The highest BCUT2D eigenvalue weighted by atomic mass is 32.1. The smallest absolute Gasteiger partial charge is 0.341 e. The van der Waals surface area contributed by atoms with Crippen molar-refractivity contribution in [1.29, 1.82) is 0 Å². The van der Waals surface area contributed by atoms with Crippen molar-refractivity contribution in [3.8, 4) is 0 Å². The summed E-state index contributed by atoms with van der Waals surface area (Å²) in [5.41, 5.74) is 1.16. The van der Waals surface area contributed by atoms with Crippen LogP contribution in [0.25, 0.3) is 0 Å². The molecule has 1 aromatic carbocycles. The second kappa shape index (κ2) is 7.01. The Morgan fingerprint density at radius 2 is 2.00 bits per heavy atom. The molecule has 1 N–H and O–H groups in total. The Balaban J connectivity index is 2.34. The third-order valence-electron chi connectivity index (χ3n) is 3.01. The fourth-order valence-electron chi connectivity index (χ4n) is 1.92. The standard InChI is InChI=1S/C15H14N2O5S/c1-3-22-15(19)11-8-12(17(20)21)23-14(11)16-13(18)10-7-5-4-6-9(10)2/h4-8H,3H2,1-2H3,(H,16,18). The van der Waals surface area contributed by atoms with Crippen LogP contribution >= 0.6 is 11.3 Å². The Hall–Kier alpha value is -2.74. The molecular weight excluding hydrogens is 320 g/mol. The molecule has 23 heavy (non-hydrogen) atoms. The molecule has 2 aromatic rings. The zero-order valence-electron chi connectivity index (χ0n) is 12.5. The van der Waals surface area contributed by atoms with E-state index < -0.39 is 16.8 Å². The van der Waals surface area contributed by atoms with Crippen LogP contribution in [0.2, 0.25) is 0 Å². The first-order chi connectivity index (χ1) is 10.9. The van der Waals surface area contributed by atoms with Crippen molar-refractivity contribution in [3.05, 3.63) is 57.1 Å². The van der Waals surface area contributed by atoms with Crippen LogP contribution in [-0.2, 0) is 4.74 Å². The average molecular weight is 334 g/mol. The second-order valence-corrected chi connectivity index (χ2v) is 5.60. The summed E-state index contributed by atoms with van der Waals surface area (Å²) >= 11 is 0.719. The molecule has 0 saturated carbocycles. The second-order valence-electron chi connectivity index (χ2n) is 4.57. The van der Waals surface area contributed by atoms with E-state index in [2.05, 4.69) is 5.32 Å². The molecule has 0 radical (unpaired) electrons. The van der Waals surface area contributed by atoms with Crippen LogP contribution in [-0.4, -0.2) is 23.4 Å². The molecule has 0 bridgehead atoms. The van der Waals surface area contributed by atoms with Gasteiger partial charge in [-0.05, 0) is 36.8 Å². The number of carbonyl (C=O) groups is 2. The molecule has 0 unspecified atom stereocenters. The van der Waals surface area contributed by atoms with E-state index >= 15 is 0 Å². The Labute approximate surface area is 136 Å². The van der Waals surface area contributed by atoms with Crippen LogP contribution in [0.3, 0.4) is 0 Å². The number of amides is 1. The van der Waals surface area contributed by atoms with E-state index in [0.29, 0.717) is 5.56 Å². The van der Waals surface area contributed by atoms with Gasteiger partial charge in [0.1, 0.15) is 10.6 Å². The van der Waals surface area contributed by atoms with Crippen molar-refractivity contribution in [2.75, 3.05) is 11.9 Å². The molecule has 8 heteroatoms. The van der Waals surface area contributed by atoms with E-state index in [4.69, 9.17) is 4.74 Å². The number of carbonyl (C=O) groups excluding carboxylic acids is 2. The maximum Gasteiger partial charge on any atom is 0.341 e. The maximum absolute atomic E-state index is 12.3. The molecular formula is C15H14N2O5S.